The Labute approximate surface area is 438 Å². The minimum Gasteiger partial charge on any atom is -0.488 e. The van der Waals surface area contributed by atoms with E-state index in [1.54, 1.807) is 62.9 Å². The van der Waals surface area contributed by atoms with Crippen molar-refractivity contribution in [2.24, 2.45) is 0 Å². The van der Waals surface area contributed by atoms with E-state index in [-0.39, 0.29) is 38.5 Å². The number of aliphatic hydroxyl groups excluding tert-OH is 2. The zero-order valence-electron chi connectivity index (χ0n) is 41.1. The molecule has 382 valence electrons. The minimum atomic E-state index is -1.59. The highest BCUT2D eigenvalue weighted by molar-refractivity contribution is 6.32. The molecule has 0 spiro atoms. The summed E-state index contributed by atoms with van der Waals surface area (Å²) in [5, 5.41) is 50.1. The fourth-order valence-corrected chi connectivity index (χ4v) is 9.73. The highest BCUT2D eigenvalue weighted by Crippen LogP contribution is 2.47. The summed E-state index contributed by atoms with van der Waals surface area (Å²) >= 11 is 13.9. The van der Waals surface area contributed by atoms with Gasteiger partial charge in [0.25, 0.3) is 0 Å². The van der Waals surface area contributed by atoms with Gasteiger partial charge in [0, 0.05) is 66.7 Å². The van der Waals surface area contributed by atoms with Crippen LogP contribution >= 0.6 is 23.2 Å². The Balaban J connectivity index is 1.05. The number of carboxylic acid groups (broad SMARTS) is 2. The van der Waals surface area contributed by atoms with Gasteiger partial charge in [-0.1, -0.05) is 59.6 Å². The summed E-state index contributed by atoms with van der Waals surface area (Å²) in [6, 6.07) is 24.6. The smallest absolute Gasteiger partial charge is 0.326 e. The molecule has 6 aromatic rings. The number of aliphatic carboxylic acids is 2. The number of ether oxygens (including phenoxy) is 4. The van der Waals surface area contributed by atoms with Crippen LogP contribution in [0, 0.1) is 17.9 Å². The van der Waals surface area contributed by atoms with Gasteiger partial charge in [0.05, 0.1) is 35.4 Å². The number of fused-ring (bicyclic) bond motifs is 2. The number of carboxylic acids is 2. The van der Waals surface area contributed by atoms with Crippen molar-refractivity contribution in [1.29, 1.82) is 5.26 Å². The van der Waals surface area contributed by atoms with Crippen molar-refractivity contribution in [3.63, 3.8) is 0 Å². The number of likely N-dealkylation sites (N-methyl/N-ethyl adjacent to an activating group) is 2. The van der Waals surface area contributed by atoms with Crippen LogP contribution in [0.3, 0.4) is 0 Å². The summed E-state index contributed by atoms with van der Waals surface area (Å²) in [4.78, 5) is 39.2. The van der Waals surface area contributed by atoms with Gasteiger partial charge in [0.2, 0.25) is 5.69 Å². The van der Waals surface area contributed by atoms with E-state index in [1.165, 1.54) is 36.0 Å². The average molecular weight is 1040 g/mol. The van der Waals surface area contributed by atoms with Crippen LogP contribution in [0.15, 0.2) is 97.6 Å². The third-order valence-electron chi connectivity index (χ3n) is 14.1. The fraction of sp³-hybridized carbons (Fsp3) is 0.321. The fourth-order valence-electron chi connectivity index (χ4n) is 9.26. The molecule has 0 radical (unpaired) electrons. The van der Waals surface area contributed by atoms with Gasteiger partial charge in [-0.2, -0.15) is 5.26 Å². The van der Waals surface area contributed by atoms with Crippen molar-refractivity contribution >= 4 is 40.8 Å². The Hall–Kier alpha value is -7.28. The first-order valence-corrected chi connectivity index (χ1v) is 24.5. The van der Waals surface area contributed by atoms with Gasteiger partial charge in [-0.25, -0.2) is 4.85 Å². The van der Waals surface area contributed by atoms with Gasteiger partial charge in [-0.15, -0.1) is 0 Å². The van der Waals surface area contributed by atoms with Gasteiger partial charge < -0.3 is 39.4 Å². The highest BCUT2D eigenvalue weighted by Gasteiger charge is 2.39. The second-order valence-corrected chi connectivity index (χ2v) is 19.8. The van der Waals surface area contributed by atoms with E-state index in [0.29, 0.717) is 79.4 Å². The normalized spacial score (nSPS) is 16.3. The van der Waals surface area contributed by atoms with Crippen molar-refractivity contribution < 1.29 is 49.0 Å². The molecular weight excluding hydrogens is 988 g/mol. The summed E-state index contributed by atoms with van der Waals surface area (Å²) < 4.78 is 26.1. The number of hydrogen-bond acceptors (Lipinski definition) is 13. The third-order valence-corrected chi connectivity index (χ3v) is 14.7. The topological polar surface area (TPSA) is 212 Å². The summed E-state index contributed by atoms with van der Waals surface area (Å²) in [6.45, 7) is 9.25. The zero-order chi connectivity index (χ0) is 52.9. The predicted molar refractivity (Wildman–Crippen MR) is 275 cm³/mol. The zero-order valence-corrected chi connectivity index (χ0v) is 42.7. The molecule has 2 aliphatic rings. The molecule has 16 nitrogen and oxygen atoms in total. The van der Waals surface area contributed by atoms with Gasteiger partial charge in [-0.05, 0) is 117 Å². The molecule has 2 heterocycles. The molecule has 0 fully saturated rings. The predicted octanol–water partition coefficient (Wildman–Crippen LogP) is 9.70. The van der Waals surface area contributed by atoms with Crippen molar-refractivity contribution in [2.45, 2.75) is 89.1 Å². The Morgan fingerprint density at radius 3 is 1.61 bits per heavy atom. The molecule has 0 bridgehead atoms. The first kappa shape index (κ1) is 53.0. The van der Waals surface area contributed by atoms with Crippen molar-refractivity contribution in [3.8, 4) is 40.2 Å². The first-order chi connectivity index (χ1) is 35.5. The standard InChI is InChI=1S/C56H54Cl2N6O10/c1-55(31-65,53(67)68)63(4)27-36-18-45(57)51(20-49(36)71-29-34-16-33(22-59)23-61-24-34)73-47-14-12-41-39(8-6-10-43(41)47)40-9-7-11-44-42(40)13-15-48(44)74-52-21-50(72-30-35-17-38(60-3)26-62-25-35)37(19-46(52)58)28-64(5)56(2,32-66)54(69)70/h6-11,16-21,23-26,47-48,65-66H,12-15,27-32H2,1-2,4-5H3,(H,67,68)(H,69,70)/t47-,48-,55-,56-/m0/s1. The molecule has 0 amide bonds. The van der Waals surface area contributed by atoms with Crippen molar-refractivity contribution in [1.82, 2.24) is 19.8 Å². The number of benzene rings is 4. The van der Waals surface area contributed by atoms with E-state index in [2.05, 4.69) is 45.1 Å². The molecule has 2 aromatic heterocycles. The van der Waals surface area contributed by atoms with E-state index < -0.39 is 36.2 Å². The van der Waals surface area contributed by atoms with Crippen LogP contribution in [0.5, 0.6) is 23.0 Å². The minimum absolute atomic E-state index is 0.0487. The van der Waals surface area contributed by atoms with E-state index in [0.717, 1.165) is 46.2 Å². The number of carbonyl (C=O) groups is 2. The number of aromatic nitrogens is 2. The maximum atomic E-state index is 12.2. The molecule has 2 aliphatic carbocycles. The maximum absolute atomic E-state index is 12.2. The Bertz CT molecular complexity index is 2990. The SMILES string of the molecule is [C-]#[N+]c1cncc(COc2cc(O[C@H]3CCc4c(-c5cccc6c5CC[C@@H]6Oc5cc(OCc6cncc(C#N)c6)c(CN(C)[C@@](C)(CO)C(=O)O)cc5Cl)cccc43)c(Cl)cc2CN(C)[C@@](C)(CO)C(=O)O)c1. The lowest BCUT2D eigenvalue weighted by Gasteiger charge is -2.33. The molecule has 4 N–H and O–H groups in total. The maximum Gasteiger partial charge on any atom is 0.326 e. The van der Waals surface area contributed by atoms with Gasteiger partial charge in [0.15, 0.2) is 0 Å². The van der Waals surface area contributed by atoms with E-state index in [1.807, 2.05) is 12.1 Å². The number of hydrogen-bond donors (Lipinski definition) is 4. The second kappa shape index (κ2) is 22.5. The van der Waals surface area contributed by atoms with Crippen LogP contribution in [0.4, 0.5) is 5.69 Å². The molecule has 8 rings (SSSR count). The molecule has 74 heavy (non-hydrogen) atoms. The van der Waals surface area contributed by atoms with Crippen LogP contribution in [-0.2, 0) is 48.7 Å². The summed E-state index contributed by atoms with van der Waals surface area (Å²) in [6.07, 6.45) is 8.16. The third kappa shape index (κ3) is 11.0. The van der Waals surface area contributed by atoms with Crippen LogP contribution in [0.1, 0.15) is 89.0 Å². The van der Waals surface area contributed by atoms with Crippen molar-refractivity contribution in [2.75, 3.05) is 27.3 Å². The van der Waals surface area contributed by atoms with E-state index in [4.69, 9.17) is 48.7 Å². The van der Waals surface area contributed by atoms with Crippen molar-refractivity contribution in [3.05, 3.63) is 169 Å². The van der Waals surface area contributed by atoms with Gasteiger partial charge in [0.1, 0.15) is 65.6 Å². The molecule has 18 heteroatoms. The Morgan fingerprint density at radius 2 is 1.18 bits per heavy atom. The van der Waals surface area contributed by atoms with Gasteiger partial charge >= 0.3 is 11.9 Å². The van der Waals surface area contributed by atoms with Crippen LogP contribution in [-0.4, -0.2) is 90.5 Å². The quantitative estimate of drug-likeness (QED) is 0.0494. The van der Waals surface area contributed by atoms with Crippen LogP contribution in [0.25, 0.3) is 16.0 Å². The number of pyridine rings is 2. The van der Waals surface area contributed by atoms with Crippen LogP contribution in [0.2, 0.25) is 10.0 Å². The number of aliphatic hydroxyl groups is 2. The van der Waals surface area contributed by atoms with Crippen LogP contribution < -0.4 is 18.9 Å². The largest absolute Gasteiger partial charge is 0.488 e. The molecule has 0 aliphatic heterocycles. The second-order valence-electron chi connectivity index (χ2n) is 18.9. The van der Waals surface area contributed by atoms with E-state index in [9.17, 15) is 35.3 Å². The first-order valence-electron chi connectivity index (χ1n) is 23.7. The van der Waals surface area contributed by atoms with E-state index >= 15 is 0 Å². The lowest BCUT2D eigenvalue weighted by atomic mass is 9.91. The lowest BCUT2D eigenvalue weighted by Crippen LogP contribution is -2.52. The summed E-state index contributed by atoms with van der Waals surface area (Å²) in [5.74, 6) is -0.886. The number of nitriles is 1. The molecule has 0 unspecified atom stereocenters. The molecule has 0 saturated heterocycles. The lowest BCUT2D eigenvalue weighted by molar-refractivity contribution is -0.153. The Kier molecular flexibility index (Phi) is 16.1. The number of halogens is 2. The van der Waals surface area contributed by atoms with Gasteiger partial charge in [-0.3, -0.25) is 29.4 Å². The monoisotopic (exact) mass is 1040 g/mol. The Morgan fingerprint density at radius 1 is 0.716 bits per heavy atom. The average Bonchev–Trinajstić information content (AvgIpc) is 4.02. The highest BCUT2D eigenvalue weighted by atomic mass is 35.5. The molecule has 0 saturated carbocycles. The molecule has 4 atom stereocenters. The molecule has 4 aromatic carbocycles. The number of rotatable bonds is 21. The summed E-state index contributed by atoms with van der Waals surface area (Å²) in [7, 11) is 3.20. The number of nitrogens with zero attached hydrogens (tertiary/aromatic N) is 6. The molecular formula is C56H54Cl2N6O10. The summed E-state index contributed by atoms with van der Waals surface area (Å²) in [5.41, 5.74) is 6.44.